The van der Waals surface area contributed by atoms with Gasteiger partial charge < -0.3 is 9.84 Å². The van der Waals surface area contributed by atoms with E-state index < -0.39 is 5.79 Å². The third kappa shape index (κ3) is 6.39. The van der Waals surface area contributed by atoms with Crippen molar-refractivity contribution >= 4 is 11.3 Å². The van der Waals surface area contributed by atoms with Gasteiger partial charge in [-0.15, -0.1) is 11.3 Å². The maximum atomic E-state index is 11.2. The van der Waals surface area contributed by atoms with Gasteiger partial charge in [-0.3, -0.25) is 0 Å². The Morgan fingerprint density at radius 1 is 1.10 bits per heavy atom. The zero-order valence-corrected chi connectivity index (χ0v) is 14.8. The zero-order valence-electron chi connectivity index (χ0n) is 13.9. The van der Waals surface area contributed by atoms with Crippen LogP contribution in [0.5, 0.6) is 5.06 Å². The number of aliphatic hydroxyl groups is 1. The first-order valence-electron chi connectivity index (χ1n) is 8.61. The van der Waals surface area contributed by atoms with Crippen LogP contribution in [0.4, 0.5) is 0 Å². The van der Waals surface area contributed by atoms with E-state index in [2.05, 4.69) is 20.8 Å². The molecule has 1 atom stereocenters. The van der Waals surface area contributed by atoms with Gasteiger partial charge in [-0.25, -0.2) is 0 Å². The van der Waals surface area contributed by atoms with E-state index in [9.17, 15) is 5.11 Å². The van der Waals surface area contributed by atoms with Crippen molar-refractivity contribution in [1.29, 1.82) is 0 Å². The molecule has 1 unspecified atom stereocenters. The van der Waals surface area contributed by atoms with E-state index in [0.29, 0.717) is 0 Å². The van der Waals surface area contributed by atoms with Gasteiger partial charge in [-0.1, -0.05) is 52.9 Å². The molecule has 122 valence electrons. The van der Waals surface area contributed by atoms with Gasteiger partial charge >= 0.3 is 0 Å². The lowest BCUT2D eigenvalue weighted by molar-refractivity contribution is -0.186. The van der Waals surface area contributed by atoms with Crippen molar-refractivity contribution in [3.8, 4) is 5.06 Å². The minimum Gasteiger partial charge on any atom is -0.453 e. The summed E-state index contributed by atoms with van der Waals surface area (Å²) in [6.45, 7) is 6.59. The average molecular weight is 313 g/mol. The molecule has 0 saturated carbocycles. The molecule has 0 amide bonds. The van der Waals surface area contributed by atoms with Crippen LogP contribution in [0.2, 0.25) is 0 Å². The molecule has 0 spiro atoms. The third-order valence-electron chi connectivity index (χ3n) is 4.11. The van der Waals surface area contributed by atoms with Gasteiger partial charge in [0.15, 0.2) is 5.06 Å². The Morgan fingerprint density at radius 3 is 2.19 bits per heavy atom. The van der Waals surface area contributed by atoms with E-state index in [1.807, 2.05) is 17.5 Å². The predicted octanol–water partition coefficient (Wildman–Crippen LogP) is 6.00. The fraction of sp³-hybridized carbons (Fsp3) is 0.778. The fourth-order valence-electron chi connectivity index (χ4n) is 2.76. The van der Waals surface area contributed by atoms with E-state index in [0.717, 1.165) is 50.0 Å². The summed E-state index contributed by atoms with van der Waals surface area (Å²) in [7, 11) is 0. The van der Waals surface area contributed by atoms with Crippen molar-refractivity contribution in [2.75, 3.05) is 0 Å². The molecule has 0 aliphatic rings. The summed E-state index contributed by atoms with van der Waals surface area (Å²) in [5.41, 5.74) is 0. The van der Waals surface area contributed by atoms with Crippen molar-refractivity contribution in [2.24, 2.45) is 5.92 Å². The number of ether oxygens (including phenoxy) is 1. The molecule has 0 saturated heterocycles. The minimum atomic E-state index is -0.995. The number of rotatable bonds is 12. The van der Waals surface area contributed by atoms with Gasteiger partial charge in [-0.2, -0.15) is 0 Å². The summed E-state index contributed by atoms with van der Waals surface area (Å²) < 4.78 is 6.07. The molecule has 0 fully saturated rings. The maximum Gasteiger partial charge on any atom is 0.211 e. The van der Waals surface area contributed by atoms with Crippen molar-refractivity contribution in [1.82, 2.24) is 0 Å². The van der Waals surface area contributed by atoms with Crippen molar-refractivity contribution in [3.05, 3.63) is 17.5 Å². The first kappa shape index (κ1) is 18.5. The Balaban J connectivity index is 2.81. The first-order chi connectivity index (χ1) is 10.2. The van der Waals surface area contributed by atoms with Gasteiger partial charge in [0.2, 0.25) is 5.79 Å². The van der Waals surface area contributed by atoms with Gasteiger partial charge in [0.1, 0.15) is 0 Å². The lowest BCUT2D eigenvalue weighted by atomic mass is 9.85. The highest BCUT2D eigenvalue weighted by molar-refractivity contribution is 7.11. The normalized spacial score (nSPS) is 14.3. The monoisotopic (exact) mass is 312 g/mol. The largest absolute Gasteiger partial charge is 0.453 e. The Labute approximate surface area is 134 Å². The smallest absolute Gasteiger partial charge is 0.211 e. The van der Waals surface area contributed by atoms with Crippen LogP contribution in [0.1, 0.15) is 78.6 Å². The SMILES string of the molecule is CCCCC(CCCC)C(O)(CCCC)Oc1cccs1. The van der Waals surface area contributed by atoms with Crippen LogP contribution in [0.25, 0.3) is 0 Å². The van der Waals surface area contributed by atoms with Crippen LogP contribution in [0.3, 0.4) is 0 Å². The lowest BCUT2D eigenvalue weighted by Crippen LogP contribution is -2.44. The summed E-state index contributed by atoms with van der Waals surface area (Å²) in [5, 5.41) is 14.1. The summed E-state index contributed by atoms with van der Waals surface area (Å²) in [6, 6.07) is 3.94. The van der Waals surface area contributed by atoms with Crippen LogP contribution < -0.4 is 4.74 Å². The third-order valence-corrected chi connectivity index (χ3v) is 4.86. The molecule has 1 aromatic heterocycles. The molecule has 3 heteroatoms. The standard InChI is InChI=1S/C18H32O2S/c1-4-7-11-16(12-8-5-2)18(19,14-9-6-3)20-17-13-10-15-21-17/h10,13,15-16,19H,4-9,11-12,14H2,1-3H3. The van der Waals surface area contributed by atoms with Crippen LogP contribution in [-0.2, 0) is 0 Å². The second-order valence-electron chi connectivity index (χ2n) is 5.96. The van der Waals surface area contributed by atoms with Crippen molar-refractivity contribution < 1.29 is 9.84 Å². The molecule has 0 aliphatic carbocycles. The predicted molar refractivity (Wildman–Crippen MR) is 92.0 cm³/mol. The van der Waals surface area contributed by atoms with Crippen LogP contribution in [-0.4, -0.2) is 10.9 Å². The summed E-state index contributed by atoms with van der Waals surface area (Å²) in [5.74, 6) is -0.753. The Bertz CT molecular complexity index is 342. The zero-order chi connectivity index (χ0) is 15.6. The molecule has 21 heavy (non-hydrogen) atoms. The van der Waals surface area contributed by atoms with Crippen LogP contribution in [0.15, 0.2) is 17.5 Å². The van der Waals surface area contributed by atoms with E-state index in [1.165, 1.54) is 12.8 Å². The Kier molecular flexibility index (Phi) is 9.02. The van der Waals surface area contributed by atoms with Gasteiger partial charge in [-0.05, 0) is 36.8 Å². The molecule has 1 aromatic rings. The topological polar surface area (TPSA) is 29.5 Å². The second kappa shape index (κ2) is 10.2. The van der Waals surface area contributed by atoms with Gasteiger partial charge in [0, 0.05) is 12.3 Å². The molecule has 1 heterocycles. The average Bonchev–Trinajstić information content (AvgIpc) is 2.98. The van der Waals surface area contributed by atoms with E-state index in [1.54, 1.807) is 11.3 Å². The Morgan fingerprint density at radius 2 is 1.71 bits per heavy atom. The number of thiophene rings is 1. The summed E-state index contributed by atoms with van der Waals surface area (Å²) in [4.78, 5) is 0. The molecule has 0 aromatic carbocycles. The number of hydrogen-bond acceptors (Lipinski definition) is 3. The number of unbranched alkanes of at least 4 members (excludes halogenated alkanes) is 3. The maximum absolute atomic E-state index is 11.2. The molecule has 1 rings (SSSR count). The fourth-order valence-corrected chi connectivity index (χ4v) is 3.40. The molecule has 2 nitrogen and oxygen atoms in total. The van der Waals surface area contributed by atoms with Gasteiger partial charge in [0.25, 0.3) is 0 Å². The first-order valence-corrected chi connectivity index (χ1v) is 9.49. The van der Waals surface area contributed by atoms with E-state index >= 15 is 0 Å². The summed E-state index contributed by atoms with van der Waals surface area (Å²) in [6.07, 6.45) is 9.62. The van der Waals surface area contributed by atoms with Crippen molar-refractivity contribution in [3.63, 3.8) is 0 Å². The van der Waals surface area contributed by atoms with E-state index in [4.69, 9.17) is 4.74 Å². The molecule has 0 radical (unpaired) electrons. The molecule has 0 bridgehead atoms. The van der Waals surface area contributed by atoms with Crippen molar-refractivity contribution in [2.45, 2.75) is 84.3 Å². The second-order valence-corrected chi connectivity index (χ2v) is 6.87. The lowest BCUT2D eigenvalue weighted by Gasteiger charge is -2.36. The molecular weight excluding hydrogens is 280 g/mol. The van der Waals surface area contributed by atoms with Crippen LogP contribution in [0, 0.1) is 5.92 Å². The highest BCUT2D eigenvalue weighted by Crippen LogP contribution is 2.36. The molecular formula is C18H32O2S. The minimum absolute atomic E-state index is 0.242. The molecule has 1 N–H and O–H groups in total. The highest BCUT2D eigenvalue weighted by atomic mass is 32.1. The Hall–Kier alpha value is -0.540. The van der Waals surface area contributed by atoms with Gasteiger partial charge in [0.05, 0.1) is 0 Å². The number of hydrogen-bond donors (Lipinski definition) is 1. The summed E-state index contributed by atoms with van der Waals surface area (Å²) >= 11 is 1.57. The van der Waals surface area contributed by atoms with E-state index in [-0.39, 0.29) is 5.92 Å². The molecule has 0 aliphatic heterocycles. The quantitative estimate of drug-likeness (QED) is 0.479. The highest BCUT2D eigenvalue weighted by Gasteiger charge is 2.37. The van der Waals surface area contributed by atoms with Crippen LogP contribution >= 0.6 is 11.3 Å².